The van der Waals surface area contributed by atoms with E-state index in [9.17, 15) is 14.4 Å². The lowest BCUT2D eigenvalue weighted by molar-refractivity contribution is -0.138. The first kappa shape index (κ1) is 19.9. The van der Waals surface area contributed by atoms with Crippen LogP contribution in [0.3, 0.4) is 0 Å². The molecular formula is C24H22N2O4S. The second-order valence-corrected chi connectivity index (χ2v) is 9.03. The van der Waals surface area contributed by atoms with E-state index in [-0.39, 0.29) is 30.3 Å². The van der Waals surface area contributed by atoms with Gasteiger partial charge in [-0.3, -0.25) is 14.4 Å². The first-order chi connectivity index (χ1) is 15.1. The van der Waals surface area contributed by atoms with E-state index < -0.39 is 12.1 Å². The van der Waals surface area contributed by atoms with Gasteiger partial charge in [0.05, 0.1) is 11.0 Å². The van der Waals surface area contributed by atoms with Gasteiger partial charge in [-0.2, -0.15) is 0 Å². The number of hydrogen-bond acceptors (Lipinski definition) is 5. The Morgan fingerprint density at radius 2 is 1.90 bits per heavy atom. The maximum Gasteiger partial charge on any atom is 0.262 e. The van der Waals surface area contributed by atoms with Crippen LogP contribution >= 0.6 is 11.3 Å². The average Bonchev–Trinajstić information content (AvgIpc) is 3.49. The lowest BCUT2D eigenvalue weighted by Crippen LogP contribution is -2.53. The number of carbonyl (C=O) groups excluding carboxylic acids is 3. The number of hydrogen-bond donors (Lipinski definition) is 1. The predicted molar refractivity (Wildman–Crippen MR) is 118 cm³/mol. The third-order valence-corrected chi connectivity index (χ3v) is 7.05. The van der Waals surface area contributed by atoms with Gasteiger partial charge in [-0.15, -0.1) is 11.3 Å². The smallest absolute Gasteiger partial charge is 0.262 e. The van der Waals surface area contributed by atoms with Crippen molar-refractivity contribution in [1.82, 2.24) is 10.2 Å². The summed E-state index contributed by atoms with van der Waals surface area (Å²) in [5.74, 6) is -0.574. The van der Waals surface area contributed by atoms with Crippen LogP contribution in [0.1, 0.15) is 21.7 Å². The largest absolute Gasteiger partial charge is 0.368 e. The van der Waals surface area contributed by atoms with Crippen molar-refractivity contribution in [2.24, 2.45) is 0 Å². The van der Waals surface area contributed by atoms with Crippen LogP contribution in [0, 0.1) is 0 Å². The highest BCUT2D eigenvalue weighted by atomic mass is 32.1. The van der Waals surface area contributed by atoms with Crippen LogP contribution in [0.25, 0.3) is 10.1 Å². The number of benzene rings is 2. The Bertz CT molecular complexity index is 1110. The van der Waals surface area contributed by atoms with Gasteiger partial charge >= 0.3 is 0 Å². The lowest BCUT2D eigenvalue weighted by atomic mass is 10.0. The molecule has 31 heavy (non-hydrogen) atoms. The highest BCUT2D eigenvalue weighted by Gasteiger charge is 2.48. The van der Waals surface area contributed by atoms with Crippen LogP contribution in [-0.2, 0) is 20.7 Å². The summed E-state index contributed by atoms with van der Waals surface area (Å²) in [7, 11) is 0. The van der Waals surface area contributed by atoms with Gasteiger partial charge in [0.15, 0.2) is 5.78 Å². The number of amides is 2. The fourth-order valence-corrected chi connectivity index (χ4v) is 5.38. The predicted octanol–water partition coefficient (Wildman–Crippen LogP) is 2.81. The Hall–Kier alpha value is -3.03. The monoisotopic (exact) mass is 434 g/mol. The third kappa shape index (κ3) is 3.86. The molecule has 2 aromatic carbocycles. The topological polar surface area (TPSA) is 75.7 Å². The van der Waals surface area contributed by atoms with Gasteiger partial charge in [-0.25, -0.2) is 0 Å². The molecule has 1 aromatic heterocycles. The molecule has 6 nitrogen and oxygen atoms in total. The number of ether oxygens (including phenoxy) is 1. The minimum absolute atomic E-state index is 0.0522. The number of rotatable bonds is 5. The Morgan fingerprint density at radius 1 is 1.13 bits per heavy atom. The third-order valence-electron chi connectivity index (χ3n) is 5.93. The molecule has 3 heterocycles. The molecule has 0 radical (unpaired) electrons. The summed E-state index contributed by atoms with van der Waals surface area (Å²) in [4.78, 5) is 41.0. The molecule has 2 saturated heterocycles. The SMILES string of the molecule is O=C(NC(Cc1ccccc1)C(=O)N1CCC2OCC(=O)C21)c1cc2ccccc2s1. The molecule has 2 fully saturated rings. The van der Waals surface area contributed by atoms with Gasteiger partial charge in [0.2, 0.25) is 5.91 Å². The summed E-state index contributed by atoms with van der Waals surface area (Å²) >= 11 is 1.40. The van der Waals surface area contributed by atoms with Crippen molar-refractivity contribution < 1.29 is 19.1 Å². The van der Waals surface area contributed by atoms with E-state index >= 15 is 0 Å². The van der Waals surface area contributed by atoms with E-state index in [0.717, 1.165) is 15.6 Å². The van der Waals surface area contributed by atoms with Crippen molar-refractivity contribution in [2.75, 3.05) is 13.2 Å². The van der Waals surface area contributed by atoms with Gasteiger partial charge < -0.3 is 15.0 Å². The number of Topliss-reactive ketones (excluding diaryl/α,β-unsaturated/α-hetero) is 1. The van der Waals surface area contributed by atoms with Gasteiger partial charge in [0.25, 0.3) is 5.91 Å². The molecule has 0 saturated carbocycles. The standard InChI is InChI=1S/C24H22N2O4S/c27-18-14-30-19-10-11-26(22(18)19)24(29)17(12-15-6-2-1-3-7-15)25-23(28)21-13-16-8-4-5-9-20(16)31-21/h1-9,13,17,19,22H,10-12,14H2,(H,25,28). The zero-order chi connectivity index (χ0) is 21.4. The maximum atomic E-state index is 13.5. The first-order valence-corrected chi connectivity index (χ1v) is 11.2. The number of nitrogens with zero attached hydrogens (tertiary/aromatic N) is 1. The highest BCUT2D eigenvalue weighted by molar-refractivity contribution is 7.20. The molecule has 1 N–H and O–H groups in total. The molecule has 158 valence electrons. The number of fused-ring (bicyclic) bond motifs is 2. The molecule has 0 aliphatic carbocycles. The molecule has 2 aliphatic rings. The Balaban J connectivity index is 1.40. The van der Waals surface area contributed by atoms with Gasteiger partial charge in [-0.1, -0.05) is 48.5 Å². The van der Waals surface area contributed by atoms with Crippen LogP contribution < -0.4 is 5.32 Å². The number of carbonyl (C=O) groups is 3. The summed E-state index contributed by atoms with van der Waals surface area (Å²) in [5.41, 5.74) is 0.947. The molecule has 2 aliphatic heterocycles. The molecule has 0 bridgehead atoms. The molecule has 2 amide bonds. The van der Waals surface area contributed by atoms with Gasteiger partial charge in [0, 0.05) is 17.7 Å². The fraction of sp³-hybridized carbons (Fsp3) is 0.292. The normalized spacial score (nSPS) is 21.3. The van der Waals surface area contributed by atoms with Crippen LogP contribution in [0.2, 0.25) is 0 Å². The van der Waals surface area contributed by atoms with E-state index in [1.165, 1.54) is 11.3 Å². The van der Waals surface area contributed by atoms with Crippen molar-refractivity contribution in [3.05, 3.63) is 71.1 Å². The molecule has 7 heteroatoms. The number of nitrogens with one attached hydrogen (secondary N) is 1. The summed E-state index contributed by atoms with van der Waals surface area (Å²) < 4.78 is 6.55. The van der Waals surface area contributed by atoms with Crippen molar-refractivity contribution in [3.63, 3.8) is 0 Å². The average molecular weight is 435 g/mol. The van der Waals surface area contributed by atoms with Gasteiger partial charge in [0.1, 0.15) is 18.7 Å². The number of likely N-dealkylation sites (tertiary alicyclic amines) is 1. The van der Waals surface area contributed by atoms with Crippen molar-refractivity contribution >= 4 is 39.0 Å². The van der Waals surface area contributed by atoms with E-state index in [4.69, 9.17) is 4.74 Å². The first-order valence-electron chi connectivity index (χ1n) is 10.4. The minimum atomic E-state index is -0.757. The van der Waals surface area contributed by atoms with E-state index in [1.807, 2.05) is 60.7 Å². The second-order valence-electron chi connectivity index (χ2n) is 7.95. The van der Waals surface area contributed by atoms with E-state index in [1.54, 1.807) is 4.90 Å². The summed E-state index contributed by atoms with van der Waals surface area (Å²) in [6.45, 7) is 0.514. The molecule has 3 atom stereocenters. The molecule has 5 rings (SSSR count). The van der Waals surface area contributed by atoms with Crippen LogP contribution in [0.4, 0.5) is 0 Å². The van der Waals surface area contributed by atoms with Crippen molar-refractivity contribution in [3.8, 4) is 0 Å². The zero-order valence-corrected chi connectivity index (χ0v) is 17.6. The Kier molecular flexibility index (Phi) is 5.29. The summed E-state index contributed by atoms with van der Waals surface area (Å²) in [5, 5.41) is 3.94. The van der Waals surface area contributed by atoms with Crippen LogP contribution in [-0.4, -0.2) is 53.8 Å². The molecule has 3 aromatic rings. The minimum Gasteiger partial charge on any atom is -0.368 e. The fourth-order valence-electron chi connectivity index (χ4n) is 4.41. The maximum absolute atomic E-state index is 13.5. The van der Waals surface area contributed by atoms with E-state index in [2.05, 4.69) is 5.32 Å². The van der Waals surface area contributed by atoms with E-state index in [0.29, 0.717) is 24.3 Å². The second kappa shape index (κ2) is 8.24. The zero-order valence-electron chi connectivity index (χ0n) is 16.8. The molecule has 3 unspecified atom stereocenters. The van der Waals surface area contributed by atoms with Crippen molar-refractivity contribution in [2.45, 2.75) is 31.0 Å². The molecular weight excluding hydrogens is 412 g/mol. The van der Waals surface area contributed by atoms with Gasteiger partial charge in [-0.05, 0) is 29.5 Å². The quantitative estimate of drug-likeness (QED) is 0.670. The number of thiophene rings is 1. The Labute approximate surface area is 183 Å². The van der Waals surface area contributed by atoms with Crippen LogP contribution in [0.5, 0.6) is 0 Å². The number of ketones is 1. The Morgan fingerprint density at radius 3 is 2.71 bits per heavy atom. The lowest BCUT2D eigenvalue weighted by Gasteiger charge is -2.27. The highest BCUT2D eigenvalue weighted by Crippen LogP contribution is 2.28. The van der Waals surface area contributed by atoms with Crippen LogP contribution in [0.15, 0.2) is 60.7 Å². The molecule has 0 spiro atoms. The summed E-state index contributed by atoms with van der Waals surface area (Å²) in [6.07, 6.45) is 0.774. The van der Waals surface area contributed by atoms with Crippen molar-refractivity contribution in [1.29, 1.82) is 0 Å². The summed E-state index contributed by atoms with van der Waals surface area (Å²) in [6, 6.07) is 18.0.